The van der Waals surface area contributed by atoms with Gasteiger partial charge in [0, 0.05) is 6.42 Å². The van der Waals surface area contributed by atoms with Crippen molar-refractivity contribution in [2.75, 3.05) is 0 Å². The van der Waals surface area contributed by atoms with Gasteiger partial charge < -0.3 is 29.9 Å². The Morgan fingerprint density at radius 3 is 2.08 bits per heavy atom. The molecule has 0 aromatic heterocycles. The lowest BCUT2D eigenvalue weighted by molar-refractivity contribution is -0.286. The van der Waals surface area contributed by atoms with Crippen LogP contribution in [-0.2, 0) is 19.1 Å². The number of carboxylic acid groups (broad SMARTS) is 1. The van der Waals surface area contributed by atoms with E-state index in [2.05, 4.69) is 6.92 Å². The predicted octanol–water partition coefficient (Wildman–Crippen LogP) is 0.562. The van der Waals surface area contributed by atoms with Gasteiger partial charge in [-0.25, -0.2) is 4.79 Å². The second-order valence-corrected chi connectivity index (χ2v) is 6.10. The molecule has 4 N–H and O–H groups in total. The van der Waals surface area contributed by atoms with Crippen LogP contribution in [0.2, 0.25) is 0 Å². The molecule has 1 heterocycles. The third kappa shape index (κ3) is 6.35. The summed E-state index contributed by atoms with van der Waals surface area (Å²) in [5, 5.41) is 37.8. The lowest BCUT2D eigenvalue weighted by Crippen LogP contribution is -2.60. The van der Waals surface area contributed by atoms with Crippen molar-refractivity contribution >= 4 is 11.9 Å². The predicted molar refractivity (Wildman–Crippen MR) is 83.0 cm³/mol. The first-order valence-electron chi connectivity index (χ1n) is 8.50. The molecule has 0 unspecified atom stereocenters. The summed E-state index contributed by atoms with van der Waals surface area (Å²) in [5.74, 6) is -2.15. The van der Waals surface area contributed by atoms with E-state index >= 15 is 0 Å². The molecule has 0 aromatic carbocycles. The van der Waals surface area contributed by atoms with Gasteiger partial charge in [0.1, 0.15) is 18.3 Å². The van der Waals surface area contributed by atoms with E-state index in [1.807, 2.05) is 0 Å². The Kier molecular flexibility index (Phi) is 9.20. The fraction of sp³-hybridized carbons (Fsp3) is 0.875. The molecule has 1 rings (SSSR count). The van der Waals surface area contributed by atoms with E-state index in [1.165, 1.54) is 19.3 Å². The normalized spacial score (nSPS) is 30.1. The van der Waals surface area contributed by atoms with Gasteiger partial charge in [-0.1, -0.05) is 45.4 Å². The highest BCUT2D eigenvalue weighted by Crippen LogP contribution is 2.23. The summed E-state index contributed by atoms with van der Waals surface area (Å²) in [5.41, 5.74) is 0. The van der Waals surface area contributed by atoms with E-state index < -0.39 is 42.6 Å². The summed E-state index contributed by atoms with van der Waals surface area (Å²) in [6.45, 7) is 2.14. The van der Waals surface area contributed by atoms with Crippen molar-refractivity contribution in [1.82, 2.24) is 0 Å². The molecule has 1 saturated heterocycles. The van der Waals surface area contributed by atoms with Gasteiger partial charge in [0.15, 0.2) is 6.10 Å². The zero-order valence-electron chi connectivity index (χ0n) is 14.0. The maximum atomic E-state index is 11.8. The van der Waals surface area contributed by atoms with E-state index in [0.717, 1.165) is 19.3 Å². The topological polar surface area (TPSA) is 134 Å². The van der Waals surface area contributed by atoms with Crippen LogP contribution >= 0.6 is 0 Å². The fourth-order valence-electron chi connectivity index (χ4n) is 2.56. The van der Waals surface area contributed by atoms with Crippen LogP contribution in [-0.4, -0.2) is 63.1 Å². The molecular weight excluding hydrogens is 320 g/mol. The van der Waals surface area contributed by atoms with Gasteiger partial charge in [0.05, 0.1) is 0 Å². The van der Waals surface area contributed by atoms with Gasteiger partial charge in [-0.05, 0) is 6.42 Å². The van der Waals surface area contributed by atoms with Crippen molar-refractivity contribution in [3.63, 3.8) is 0 Å². The van der Waals surface area contributed by atoms with Crippen LogP contribution in [0, 0.1) is 0 Å². The summed E-state index contributed by atoms with van der Waals surface area (Å²) in [6, 6.07) is 0. The van der Waals surface area contributed by atoms with Gasteiger partial charge in [0.25, 0.3) is 0 Å². The van der Waals surface area contributed by atoms with Crippen molar-refractivity contribution < 1.29 is 39.5 Å². The highest BCUT2D eigenvalue weighted by molar-refractivity contribution is 5.73. The molecule has 1 aliphatic rings. The molecule has 1 aliphatic heterocycles. The monoisotopic (exact) mass is 348 g/mol. The number of esters is 1. The zero-order valence-corrected chi connectivity index (χ0v) is 14.0. The van der Waals surface area contributed by atoms with Crippen LogP contribution in [0.5, 0.6) is 0 Å². The maximum absolute atomic E-state index is 11.8. The molecular formula is C16H28O8. The number of hydrogen-bond acceptors (Lipinski definition) is 7. The number of unbranched alkanes of at least 4 members (excludes halogenated alkanes) is 6. The number of carbonyl (C=O) groups excluding carboxylic acids is 1. The van der Waals surface area contributed by atoms with Crippen LogP contribution in [0.3, 0.4) is 0 Å². The first-order chi connectivity index (χ1) is 11.4. The second kappa shape index (κ2) is 10.6. The molecule has 0 spiro atoms. The average Bonchev–Trinajstić information content (AvgIpc) is 2.54. The Morgan fingerprint density at radius 1 is 0.917 bits per heavy atom. The minimum absolute atomic E-state index is 0.122. The van der Waals surface area contributed by atoms with Crippen LogP contribution < -0.4 is 0 Å². The summed E-state index contributed by atoms with van der Waals surface area (Å²) < 4.78 is 9.78. The summed E-state index contributed by atoms with van der Waals surface area (Å²) in [6.07, 6.45) is -1.29. The molecule has 140 valence electrons. The fourth-order valence-corrected chi connectivity index (χ4v) is 2.56. The summed E-state index contributed by atoms with van der Waals surface area (Å²) >= 11 is 0. The smallest absolute Gasteiger partial charge is 0.335 e. The molecule has 8 heteroatoms. The molecule has 8 nitrogen and oxygen atoms in total. The van der Waals surface area contributed by atoms with Gasteiger partial charge in [0.2, 0.25) is 6.29 Å². The maximum Gasteiger partial charge on any atom is 0.335 e. The Hall–Kier alpha value is -1.22. The number of aliphatic carboxylic acids is 1. The van der Waals surface area contributed by atoms with Crippen molar-refractivity contribution in [1.29, 1.82) is 0 Å². The molecule has 0 radical (unpaired) electrons. The number of aliphatic hydroxyl groups is 3. The SMILES string of the molecule is CCCCCCCCCC(=O)O[C@@H]1O[C@H](C(=O)O)[C@@H](O)[C@H](O)[C@H]1O. The van der Waals surface area contributed by atoms with Gasteiger partial charge in [-0.3, -0.25) is 4.79 Å². The molecule has 0 bridgehead atoms. The van der Waals surface area contributed by atoms with E-state index in [1.54, 1.807) is 0 Å². The van der Waals surface area contributed by atoms with E-state index in [4.69, 9.17) is 14.6 Å². The third-order valence-corrected chi connectivity index (χ3v) is 4.05. The van der Waals surface area contributed by atoms with E-state index in [0.29, 0.717) is 6.42 Å². The quantitative estimate of drug-likeness (QED) is 0.332. The molecule has 24 heavy (non-hydrogen) atoms. The molecule has 0 aliphatic carbocycles. The van der Waals surface area contributed by atoms with Crippen molar-refractivity contribution in [2.24, 2.45) is 0 Å². The molecule has 5 atom stereocenters. The number of carbonyl (C=O) groups is 2. The van der Waals surface area contributed by atoms with Crippen molar-refractivity contribution in [3.8, 4) is 0 Å². The number of rotatable bonds is 10. The average molecular weight is 348 g/mol. The van der Waals surface area contributed by atoms with E-state index in [-0.39, 0.29) is 6.42 Å². The molecule has 0 amide bonds. The number of ether oxygens (including phenoxy) is 2. The van der Waals surface area contributed by atoms with Gasteiger partial charge in [-0.2, -0.15) is 0 Å². The standard InChI is InChI=1S/C16H28O8/c1-2-3-4-5-6-7-8-9-10(17)23-16-13(20)11(18)12(19)14(24-16)15(21)22/h11-14,16,18-20H,2-9H2,1H3,(H,21,22)/t11-,12-,13+,14-,16+/m0/s1. The van der Waals surface area contributed by atoms with Crippen molar-refractivity contribution in [2.45, 2.75) is 89.0 Å². The number of aliphatic hydroxyl groups excluding tert-OH is 3. The highest BCUT2D eigenvalue weighted by atomic mass is 16.7. The lowest BCUT2D eigenvalue weighted by Gasteiger charge is -2.37. The van der Waals surface area contributed by atoms with Gasteiger partial charge >= 0.3 is 11.9 Å². The zero-order chi connectivity index (χ0) is 18.1. The minimum Gasteiger partial charge on any atom is -0.479 e. The van der Waals surface area contributed by atoms with Crippen LogP contribution in [0.1, 0.15) is 58.3 Å². The number of hydrogen-bond donors (Lipinski definition) is 4. The minimum atomic E-state index is -1.80. The Balaban J connectivity index is 2.33. The van der Waals surface area contributed by atoms with E-state index in [9.17, 15) is 24.9 Å². The third-order valence-electron chi connectivity index (χ3n) is 4.05. The Bertz CT molecular complexity index is 400. The second-order valence-electron chi connectivity index (χ2n) is 6.10. The summed E-state index contributed by atoms with van der Waals surface area (Å²) in [4.78, 5) is 22.7. The number of carboxylic acids is 1. The Morgan fingerprint density at radius 2 is 1.50 bits per heavy atom. The molecule has 1 fully saturated rings. The molecule has 0 aromatic rings. The van der Waals surface area contributed by atoms with Gasteiger partial charge in [-0.15, -0.1) is 0 Å². The van der Waals surface area contributed by atoms with Crippen molar-refractivity contribution in [3.05, 3.63) is 0 Å². The first kappa shape index (κ1) is 20.8. The largest absolute Gasteiger partial charge is 0.479 e. The van der Waals surface area contributed by atoms with Crippen LogP contribution in [0.15, 0.2) is 0 Å². The van der Waals surface area contributed by atoms with Crippen LogP contribution in [0.25, 0.3) is 0 Å². The summed E-state index contributed by atoms with van der Waals surface area (Å²) in [7, 11) is 0. The Labute approximate surface area is 141 Å². The first-order valence-corrected chi connectivity index (χ1v) is 8.50. The highest BCUT2D eigenvalue weighted by Gasteiger charge is 2.48. The molecule has 0 saturated carbocycles. The van der Waals surface area contributed by atoms with Crippen LogP contribution in [0.4, 0.5) is 0 Å². The lowest BCUT2D eigenvalue weighted by atomic mass is 9.99.